The highest BCUT2D eigenvalue weighted by Crippen LogP contribution is 2.31. The van der Waals surface area contributed by atoms with Gasteiger partial charge in [-0.25, -0.2) is 0 Å². The summed E-state index contributed by atoms with van der Waals surface area (Å²) in [4.78, 5) is 14.5. The number of carbonyl (C=O) groups excluding carboxylic acids is 1. The molecule has 1 fully saturated rings. The molecule has 1 rings (SSSR count). The van der Waals surface area contributed by atoms with Crippen LogP contribution in [0.15, 0.2) is 0 Å². The summed E-state index contributed by atoms with van der Waals surface area (Å²) < 4.78 is 5.40. The summed E-state index contributed by atoms with van der Waals surface area (Å²) in [5.74, 6) is -0.135. The summed E-state index contributed by atoms with van der Waals surface area (Å²) in [6.07, 6.45) is 1.28. The fraction of sp³-hybridized carbons (Fsp3) is 0.938. The minimum atomic E-state index is -0.921. The summed E-state index contributed by atoms with van der Waals surface area (Å²) in [5.41, 5.74) is -1.42. The quantitative estimate of drug-likeness (QED) is 0.806. The minimum Gasteiger partial charge on any atom is -0.460 e. The Morgan fingerprint density at radius 3 is 2.15 bits per heavy atom. The lowest BCUT2D eigenvalue weighted by Gasteiger charge is -2.41. The molecule has 0 aliphatic carbocycles. The van der Waals surface area contributed by atoms with Crippen LogP contribution >= 0.6 is 0 Å². The number of ether oxygens (including phenoxy) is 1. The van der Waals surface area contributed by atoms with Gasteiger partial charge in [-0.1, -0.05) is 13.8 Å². The van der Waals surface area contributed by atoms with E-state index in [-0.39, 0.29) is 5.97 Å². The van der Waals surface area contributed by atoms with Gasteiger partial charge in [-0.15, -0.1) is 0 Å². The third-order valence-corrected chi connectivity index (χ3v) is 3.91. The molecule has 118 valence electrons. The van der Waals surface area contributed by atoms with Crippen molar-refractivity contribution in [2.75, 3.05) is 19.6 Å². The minimum absolute atomic E-state index is 0.294. The van der Waals surface area contributed by atoms with Crippen molar-refractivity contribution in [3.8, 4) is 0 Å². The van der Waals surface area contributed by atoms with Crippen LogP contribution in [0, 0.1) is 11.8 Å². The molecule has 4 heteroatoms. The molecule has 0 spiro atoms. The number of rotatable bonds is 4. The summed E-state index contributed by atoms with van der Waals surface area (Å²) in [6, 6.07) is 0. The maximum atomic E-state index is 12.1. The Kier molecular flexibility index (Phi) is 5.61. The van der Waals surface area contributed by atoms with Gasteiger partial charge in [-0.05, 0) is 46.5 Å². The molecule has 0 aromatic heterocycles. The molecule has 0 amide bonds. The smallest absolute Gasteiger partial charge is 0.312 e. The number of hydrogen-bond donors (Lipinski definition) is 1. The van der Waals surface area contributed by atoms with Crippen LogP contribution < -0.4 is 0 Å². The average Bonchev–Trinajstić information content (AvgIpc) is 2.28. The lowest BCUT2D eigenvalue weighted by Crippen LogP contribution is -2.51. The number of carbonyl (C=O) groups is 1. The first-order valence-corrected chi connectivity index (χ1v) is 7.71. The Bertz CT molecular complexity index is 325. The normalized spacial score (nSPS) is 21.8. The molecule has 0 aromatic carbocycles. The number of hydrogen-bond acceptors (Lipinski definition) is 4. The topological polar surface area (TPSA) is 49.8 Å². The predicted octanol–water partition coefficient (Wildman–Crippen LogP) is 2.45. The van der Waals surface area contributed by atoms with Gasteiger partial charge in [0, 0.05) is 19.6 Å². The molecule has 1 aliphatic heterocycles. The number of piperidine rings is 1. The molecule has 1 saturated heterocycles. The maximum absolute atomic E-state index is 12.1. The van der Waals surface area contributed by atoms with Gasteiger partial charge >= 0.3 is 5.97 Å². The lowest BCUT2D eigenvalue weighted by atomic mass is 9.80. The van der Waals surface area contributed by atoms with Gasteiger partial charge in [0.05, 0.1) is 11.5 Å². The first-order chi connectivity index (χ1) is 9.03. The standard InChI is InChI=1S/C16H31NO3/c1-12(2)11-17-9-7-16(19,8-10-17)13(3)14(18)20-15(4,5)6/h12-13,19H,7-11H2,1-6H3. The van der Waals surface area contributed by atoms with Gasteiger partial charge in [0.15, 0.2) is 0 Å². The SMILES string of the molecule is CC(C)CN1CCC(O)(C(C)C(=O)OC(C)(C)C)CC1. The van der Waals surface area contributed by atoms with E-state index >= 15 is 0 Å². The van der Waals surface area contributed by atoms with Gasteiger partial charge < -0.3 is 14.7 Å². The van der Waals surface area contributed by atoms with Crippen LogP contribution in [-0.2, 0) is 9.53 Å². The molecule has 4 nitrogen and oxygen atoms in total. The van der Waals surface area contributed by atoms with E-state index in [1.807, 2.05) is 20.8 Å². The Labute approximate surface area is 123 Å². The van der Waals surface area contributed by atoms with E-state index in [4.69, 9.17) is 4.74 Å². The van der Waals surface area contributed by atoms with Crippen molar-refractivity contribution in [2.24, 2.45) is 11.8 Å². The molecule has 1 N–H and O–H groups in total. The lowest BCUT2D eigenvalue weighted by molar-refractivity contribution is -0.172. The molecule has 20 heavy (non-hydrogen) atoms. The van der Waals surface area contributed by atoms with Crippen molar-refractivity contribution < 1.29 is 14.6 Å². The van der Waals surface area contributed by atoms with Gasteiger partial charge in [-0.2, -0.15) is 0 Å². The van der Waals surface area contributed by atoms with Gasteiger partial charge in [0.1, 0.15) is 5.60 Å². The first kappa shape index (κ1) is 17.4. The van der Waals surface area contributed by atoms with E-state index in [0.717, 1.165) is 19.6 Å². The number of esters is 1. The van der Waals surface area contributed by atoms with E-state index in [0.29, 0.717) is 18.8 Å². The largest absolute Gasteiger partial charge is 0.460 e. The molecule has 1 atom stereocenters. The van der Waals surface area contributed by atoms with E-state index < -0.39 is 17.1 Å². The summed E-state index contributed by atoms with van der Waals surface area (Å²) >= 11 is 0. The van der Waals surface area contributed by atoms with Crippen LogP contribution in [0.3, 0.4) is 0 Å². The van der Waals surface area contributed by atoms with Crippen LogP contribution in [0.25, 0.3) is 0 Å². The zero-order valence-corrected chi connectivity index (χ0v) is 13.9. The zero-order chi connectivity index (χ0) is 15.6. The Morgan fingerprint density at radius 1 is 1.25 bits per heavy atom. The molecular weight excluding hydrogens is 254 g/mol. The Hall–Kier alpha value is -0.610. The third-order valence-electron chi connectivity index (χ3n) is 3.91. The van der Waals surface area contributed by atoms with Crippen molar-refractivity contribution in [1.29, 1.82) is 0 Å². The molecule has 0 radical (unpaired) electrons. The summed E-state index contributed by atoms with van der Waals surface area (Å²) in [5, 5.41) is 10.7. The van der Waals surface area contributed by atoms with Crippen molar-refractivity contribution in [3.63, 3.8) is 0 Å². The Balaban J connectivity index is 2.56. The second-order valence-electron chi connectivity index (χ2n) is 7.55. The first-order valence-electron chi connectivity index (χ1n) is 7.71. The fourth-order valence-corrected chi connectivity index (χ4v) is 2.68. The van der Waals surface area contributed by atoms with Crippen molar-refractivity contribution in [3.05, 3.63) is 0 Å². The van der Waals surface area contributed by atoms with E-state index in [1.165, 1.54) is 0 Å². The zero-order valence-electron chi connectivity index (χ0n) is 13.9. The summed E-state index contributed by atoms with van der Waals surface area (Å²) in [7, 11) is 0. The highest BCUT2D eigenvalue weighted by atomic mass is 16.6. The van der Waals surface area contributed by atoms with Crippen LogP contribution in [-0.4, -0.2) is 46.8 Å². The average molecular weight is 285 g/mol. The molecule has 1 unspecified atom stereocenters. The van der Waals surface area contributed by atoms with Crippen LogP contribution in [0.2, 0.25) is 0 Å². The second kappa shape index (κ2) is 6.44. The highest BCUT2D eigenvalue weighted by molar-refractivity contribution is 5.74. The fourth-order valence-electron chi connectivity index (χ4n) is 2.68. The van der Waals surface area contributed by atoms with E-state index in [1.54, 1.807) is 6.92 Å². The number of nitrogens with zero attached hydrogens (tertiary/aromatic N) is 1. The molecule has 1 aliphatic rings. The molecule has 1 heterocycles. The monoisotopic (exact) mass is 285 g/mol. The van der Waals surface area contributed by atoms with Crippen molar-refractivity contribution in [1.82, 2.24) is 4.90 Å². The van der Waals surface area contributed by atoms with E-state index in [9.17, 15) is 9.90 Å². The molecule has 0 aromatic rings. The van der Waals surface area contributed by atoms with Crippen molar-refractivity contribution >= 4 is 5.97 Å². The van der Waals surface area contributed by atoms with Crippen molar-refractivity contribution in [2.45, 2.75) is 65.6 Å². The molecule has 0 saturated carbocycles. The highest BCUT2D eigenvalue weighted by Gasteiger charge is 2.42. The molecular formula is C16H31NO3. The second-order valence-corrected chi connectivity index (χ2v) is 7.55. The maximum Gasteiger partial charge on any atom is 0.312 e. The number of likely N-dealkylation sites (tertiary alicyclic amines) is 1. The number of aliphatic hydroxyl groups is 1. The van der Waals surface area contributed by atoms with Gasteiger partial charge in [-0.3, -0.25) is 4.79 Å². The summed E-state index contributed by atoms with van der Waals surface area (Å²) in [6.45, 7) is 14.5. The van der Waals surface area contributed by atoms with Crippen LogP contribution in [0.4, 0.5) is 0 Å². The third kappa shape index (κ3) is 5.06. The van der Waals surface area contributed by atoms with E-state index in [2.05, 4.69) is 18.7 Å². The van der Waals surface area contributed by atoms with Crippen LogP contribution in [0.5, 0.6) is 0 Å². The molecule has 0 bridgehead atoms. The predicted molar refractivity (Wildman–Crippen MR) is 80.5 cm³/mol. The van der Waals surface area contributed by atoms with Crippen LogP contribution in [0.1, 0.15) is 54.4 Å². The Morgan fingerprint density at radius 2 is 1.75 bits per heavy atom. The van der Waals surface area contributed by atoms with Gasteiger partial charge in [0.2, 0.25) is 0 Å². The van der Waals surface area contributed by atoms with Gasteiger partial charge in [0.25, 0.3) is 0 Å².